The minimum atomic E-state index is -0.148. The first-order valence-electron chi connectivity index (χ1n) is 12.1. The standard InChI is InChI=1S/C28H38N4O/c1-19(2)31-16-21(4)30(15-22(31)5)17-26(33)32-18-28(6,7)27-25(32)13-24(14-29-27)12-23-10-8-20(3)9-11-23/h8-11,13-14,21-22H,1,12,15-18H2,2-7H3/t21-,22?/m0/s1. The number of rotatable bonds is 5. The second-order valence-corrected chi connectivity index (χ2v) is 10.8. The van der Waals surface area contributed by atoms with Crippen LogP contribution in [0.2, 0.25) is 0 Å². The maximum atomic E-state index is 13.6. The van der Waals surface area contributed by atoms with Gasteiger partial charge in [-0.2, -0.15) is 0 Å². The number of aryl methyl sites for hydroxylation is 1. The van der Waals surface area contributed by atoms with Gasteiger partial charge in [-0.05, 0) is 51.3 Å². The van der Waals surface area contributed by atoms with Crippen molar-refractivity contribution in [2.75, 3.05) is 31.1 Å². The van der Waals surface area contributed by atoms with E-state index in [1.165, 1.54) is 11.1 Å². The summed E-state index contributed by atoms with van der Waals surface area (Å²) in [7, 11) is 0. The average molecular weight is 447 g/mol. The number of carbonyl (C=O) groups excluding carboxylic acids is 1. The number of benzene rings is 1. The zero-order valence-electron chi connectivity index (χ0n) is 21.1. The van der Waals surface area contributed by atoms with E-state index in [9.17, 15) is 4.79 Å². The fraction of sp³-hybridized carbons (Fsp3) is 0.500. The Kier molecular flexibility index (Phi) is 6.37. The number of anilines is 1. The maximum Gasteiger partial charge on any atom is 0.241 e. The van der Waals surface area contributed by atoms with Crippen molar-refractivity contribution in [3.8, 4) is 0 Å². The Bertz CT molecular complexity index is 1040. The van der Waals surface area contributed by atoms with Crippen molar-refractivity contribution < 1.29 is 4.79 Å². The lowest BCUT2D eigenvalue weighted by atomic mass is 9.91. The highest BCUT2D eigenvalue weighted by Gasteiger charge is 2.40. The van der Waals surface area contributed by atoms with Crippen LogP contribution < -0.4 is 4.90 Å². The molecule has 1 amide bonds. The summed E-state index contributed by atoms with van der Waals surface area (Å²) < 4.78 is 0. The summed E-state index contributed by atoms with van der Waals surface area (Å²) >= 11 is 0. The molecule has 0 radical (unpaired) electrons. The van der Waals surface area contributed by atoms with Gasteiger partial charge in [-0.25, -0.2) is 0 Å². The largest absolute Gasteiger partial charge is 0.370 e. The molecule has 4 rings (SSSR count). The lowest BCUT2D eigenvalue weighted by molar-refractivity contribution is -0.121. The lowest BCUT2D eigenvalue weighted by Crippen LogP contribution is -2.57. The number of fused-ring (bicyclic) bond motifs is 1. The second-order valence-electron chi connectivity index (χ2n) is 10.8. The van der Waals surface area contributed by atoms with E-state index in [4.69, 9.17) is 4.98 Å². The van der Waals surface area contributed by atoms with Gasteiger partial charge in [-0.3, -0.25) is 14.7 Å². The minimum Gasteiger partial charge on any atom is -0.370 e. The van der Waals surface area contributed by atoms with Crippen molar-refractivity contribution >= 4 is 11.6 Å². The number of hydrogen-bond acceptors (Lipinski definition) is 4. The van der Waals surface area contributed by atoms with Crippen molar-refractivity contribution in [3.05, 3.63) is 71.2 Å². The van der Waals surface area contributed by atoms with Crippen LogP contribution in [-0.2, 0) is 16.6 Å². The van der Waals surface area contributed by atoms with E-state index < -0.39 is 0 Å². The molecule has 1 fully saturated rings. The van der Waals surface area contributed by atoms with Gasteiger partial charge in [-0.1, -0.05) is 50.3 Å². The van der Waals surface area contributed by atoms with Crippen molar-refractivity contribution in [1.82, 2.24) is 14.8 Å². The van der Waals surface area contributed by atoms with E-state index in [0.29, 0.717) is 25.2 Å². The van der Waals surface area contributed by atoms with Crippen LogP contribution in [-0.4, -0.2) is 59.0 Å². The molecule has 33 heavy (non-hydrogen) atoms. The molecular weight excluding hydrogens is 408 g/mol. The molecule has 2 aliphatic rings. The quantitative estimate of drug-likeness (QED) is 0.676. The number of aromatic nitrogens is 1. The van der Waals surface area contributed by atoms with Gasteiger partial charge in [0.15, 0.2) is 0 Å². The number of nitrogens with zero attached hydrogens (tertiary/aromatic N) is 4. The molecule has 5 heteroatoms. The number of pyridine rings is 1. The van der Waals surface area contributed by atoms with Gasteiger partial charge in [-0.15, -0.1) is 0 Å². The summed E-state index contributed by atoms with van der Waals surface area (Å²) in [6.45, 7) is 20.0. The summed E-state index contributed by atoms with van der Waals surface area (Å²) in [4.78, 5) is 25.0. The third kappa shape index (κ3) is 4.84. The monoisotopic (exact) mass is 446 g/mol. The molecule has 2 aliphatic heterocycles. The maximum absolute atomic E-state index is 13.6. The van der Waals surface area contributed by atoms with Crippen LogP contribution in [0, 0.1) is 6.92 Å². The van der Waals surface area contributed by atoms with E-state index in [1.54, 1.807) is 0 Å². The van der Waals surface area contributed by atoms with Crippen LogP contribution in [0.15, 0.2) is 48.8 Å². The normalized spacial score (nSPS) is 22.4. The fourth-order valence-electron chi connectivity index (χ4n) is 5.25. The predicted octanol–water partition coefficient (Wildman–Crippen LogP) is 4.53. The van der Waals surface area contributed by atoms with Crippen molar-refractivity contribution in [2.45, 2.75) is 65.5 Å². The van der Waals surface area contributed by atoms with Crippen molar-refractivity contribution in [3.63, 3.8) is 0 Å². The Balaban J connectivity index is 1.53. The van der Waals surface area contributed by atoms with Crippen LogP contribution in [0.25, 0.3) is 0 Å². The highest BCUT2D eigenvalue weighted by molar-refractivity contribution is 5.97. The highest BCUT2D eigenvalue weighted by Crippen LogP contribution is 2.39. The van der Waals surface area contributed by atoms with E-state index in [2.05, 4.69) is 88.3 Å². The molecule has 2 aromatic rings. The summed E-state index contributed by atoms with van der Waals surface area (Å²) in [5, 5.41) is 0. The first-order chi connectivity index (χ1) is 15.5. The van der Waals surface area contributed by atoms with E-state index in [0.717, 1.165) is 42.2 Å². The Morgan fingerprint density at radius 2 is 1.82 bits per heavy atom. The molecule has 0 N–H and O–H groups in total. The molecule has 5 nitrogen and oxygen atoms in total. The van der Waals surface area contributed by atoms with Crippen molar-refractivity contribution in [1.29, 1.82) is 0 Å². The number of carbonyl (C=O) groups is 1. The van der Waals surface area contributed by atoms with Gasteiger partial charge in [0.2, 0.25) is 5.91 Å². The molecule has 0 aliphatic carbocycles. The summed E-state index contributed by atoms with van der Waals surface area (Å²) in [6.07, 6.45) is 2.80. The average Bonchev–Trinajstić information content (AvgIpc) is 3.02. The SMILES string of the molecule is C=C(C)N1C[C@H](C)N(CC(=O)N2CC(C)(C)c3ncc(Cc4ccc(C)cc4)cc32)CC1C. The number of amides is 1. The first-order valence-corrected chi connectivity index (χ1v) is 12.1. The topological polar surface area (TPSA) is 39.7 Å². The molecule has 3 heterocycles. The van der Waals surface area contributed by atoms with E-state index in [1.807, 2.05) is 11.1 Å². The highest BCUT2D eigenvalue weighted by atomic mass is 16.2. The zero-order valence-corrected chi connectivity index (χ0v) is 21.1. The molecule has 1 aromatic carbocycles. The summed E-state index contributed by atoms with van der Waals surface area (Å²) in [6, 6.07) is 11.5. The van der Waals surface area contributed by atoms with Gasteiger partial charge in [0.25, 0.3) is 0 Å². The molecular formula is C28H38N4O. The van der Waals surface area contributed by atoms with Gasteiger partial charge in [0.05, 0.1) is 17.9 Å². The Labute approximate surface area is 199 Å². The van der Waals surface area contributed by atoms with Crippen LogP contribution in [0.1, 0.15) is 57.0 Å². The molecule has 1 saturated heterocycles. The van der Waals surface area contributed by atoms with Gasteiger partial charge in [0.1, 0.15) is 0 Å². The molecule has 1 aromatic heterocycles. The molecule has 0 spiro atoms. The van der Waals surface area contributed by atoms with Crippen LogP contribution in [0.5, 0.6) is 0 Å². The van der Waals surface area contributed by atoms with Crippen LogP contribution in [0.3, 0.4) is 0 Å². The number of piperazine rings is 1. The minimum absolute atomic E-state index is 0.148. The fourth-order valence-corrected chi connectivity index (χ4v) is 5.25. The van der Waals surface area contributed by atoms with Crippen molar-refractivity contribution in [2.24, 2.45) is 0 Å². The van der Waals surface area contributed by atoms with Gasteiger partial charge >= 0.3 is 0 Å². The molecule has 0 bridgehead atoms. The zero-order chi connectivity index (χ0) is 23.9. The smallest absolute Gasteiger partial charge is 0.241 e. The lowest BCUT2D eigenvalue weighted by Gasteiger charge is -2.45. The first kappa shape index (κ1) is 23.5. The van der Waals surface area contributed by atoms with E-state index in [-0.39, 0.29) is 11.3 Å². The van der Waals surface area contributed by atoms with Gasteiger partial charge < -0.3 is 9.80 Å². The van der Waals surface area contributed by atoms with Crippen LogP contribution in [0.4, 0.5) is 5.69 Å². The third-order valence-electron chi connectivity index (χ3n) is 7.18. The van der Waals surface area contributed by atoms with Gasteiger partial charge in [0, 0.05) is 49.0 Å². The summed E-state index contributed by atoms with van der Waals surface area (Å²) in [5.41, 5.74) is 6.62. The van der Waals surface area contributed by atoms with Crippen LogP contribution >= 0.6 is 0 Å². The second kappa shape index (κ2) is 8.94. The molecule has 0 saturated carbocycles. The Morgan fingerprint density at radius 3 is 2.48 bits per heavy atom. The number of allylic oxidation sites excluding steroid dienone is 1. The predicted molar refractivity (Wildman–Crippen MR) is 136 cm³/mol. The third-order valence-corrected chi connectivity index (χ3v) is 7.18. The summed E-state index contributed by atoms with van der Waals surface area (Å²) in [5.74, 6) is 0.166. The van der Waals surface area contributed by atoms with E-state index >= 15 is 0 Å². The molecule has 1 unspecified atom stereocenters. The molecule has 2 atom stereocenters. The Hall–Kier alpha value is -2.66. The Morgan fingerprint density at radius 1 is 1.12 bits per heavy atom. The molecule has 176 valence electrons. The number of hydrogen-bond donors (Lipinski definition) is 0.